The fourth-order valence-electron chi connectivity index (χ4n) is 6.13. The van der Waals surface area contributed by atoms with Crippen molar-refractivity contribution in [3.8, 4) is 5.75 Å². The summed E-state index contributed by atoms with van der Waals surface area (Å²) in [6.45, 7) is 9.03. The lowest BCUT2D eigenvalue weighted by molar-refractivity contribution is -0.154. The zero-order valence-electron chi connectivity index (χ0n) is 27.5. The summed E-state index contributed by atoms with van der Waals surface area (Å²) >= 11 is 6.66. The summed E-state index contributed by atoms with van der Waals surface area (Å²) in [7, 11) is 4.37. The summed E-state index contributed by atoms with van der Waals surface area (Å²) in [4.78, 5) is 40.8. The van der Waals surface area contributed by atoms with E-state index in [2.05, 4.69) is 5.32 Å². The molecule has 2 fully saturated rings. The van der Waals surface area contributed by atoms with Gasteiger partial charge in [0.15, 0.2) is 5.72 Å². The molecule has 7 unspecified atom stereocenters. The predicted octanol–water partition coefficient (Wildman–Crippen LogP) is 4.20. The van der Waals surface area contributed by atoms with E-state index >= 15 is 0 Å². The first kappa shape index (κ1) is 35.7. The van der Waals surface area contributed by atoms with Crippen molar-refractivity contribution in [2.45, 2.75) is 95.7 Å². The third-order valence-electron chi connectivity index (χ3n) is 9.00. The molecule has 1 aromatic rings. The number of anilines is 1. The highest BCUT2D eigenvalue weighted by Gasteiger charge is 2.64. The maximum absolute atomic E-state index is 13.9. The second kappa shape index (κ2) is 13.9. The summed E-state index contributed by atoms with van der Waals surface area (Å²) in [5.41, 5.74) is -1.74. The zero-order chi connectivity index (χ0) is 34.1. The third-order valence-corrected chi connectivity index (χ3v) is 9.38. The second-order valence-corrected chi connectivity index (χ2v) is 13.3. The number of methoxy groups -OCH3 is 2. The van der Waals surface area contributed by atoms with Gasteiger partial charge in [0.05, 0.1) is 25.3 Å². The maximum Gasteiger partial charge on any atom is 0.409 e. The van der Waals surface area contributed by atoms with Gasteiger partial charge in [0.25, 0.3) is 0 Å². The van der Waals surface area contributed by atoms with Gasteiger partial charge >= 0.3 is 12.1 Å². The number of amides is 2. The molecule has 4 bridgehead atoms. The SMILES string of the molecule is COc1cc2cc(c1Cl)N(C)C(=O)CC(OC(=O)CC(C)C)C1(C)OC1C(C)C1CC(O)(NC(=O)O1)C(OC)/C=C/C=C(\C)[C@@H]2O. The molecular weight excluding hydrogens is 620 g/mol. The number of carbonyl (C=O) groups excluding carboxylic acids is 3. The Morgan fingerprint density at radius 1 is 1.26 bits per heavy atom. The number of nitrogens with one attached hydrogen (secondary N) is 1. The molecule has 0 spiro atoms. The van der Waals surface area contributed by atoms with Gasteiger partial charge in [-0.05, 0) is 43.0 Å². The zero-order valence-corrected chi connectivity index (χ0v) is 28.3. The van der Waals surface area contributed by atoms with E-state index in [4.69, 9.17) is 35.3 Å². The van der Waals surface area contributed by atoms with Gasteiger partial charge in [-0.3, -0.25) is 14.9 Å². The van der Waals surface area contributed by atoms with Crippen LogP contribution in [0.4, 0.5) is 10.5 Å². The van der Waals surface area contributed by atoms with Crippen LogP contribution in [0, 0.1) is 11.8 Å². The van der Waals surface area contributed by atoms with Gasteiger partial charge in [0.2, 0.25) is 5.91 Å². The molecule has 4 rings (SSSR count). The average Bonchev–Trinajstić information content (AvgIpc) is 3.68. The summed E-state index contributed by atoms with van der Waals surface area (Å²) in [5.74, 6) is -1.12. The van der Waals surface area contributed by atoms with Crippen LogP contribution in [0.2, 0.25) is 5.02 Å². The molecule has 0 radical (unpaired) electrons. The number of ether oxygens (including phenoxy) is 5. The number of aliphatic hydroxyl groups is 2. The number of halogens is 1. The quantitative estimate of drug-likeness (QED) is 0.308. The molecule has 1 aromatic carbocycles. The summed E-state index contributed by atoms with van der Waals surface area (Å²) in [6, 6.07) is 3.18. The van der Waals surface area contributed by atoms with Crippen molar-refractivity contribution in [3.63, 3.8) is 0 Å². The number of benzene rings is 1. The highest BCUT2D eigenvalue weighted by molar-refractivity contribution is 6.35. The van der Waals surface area contributed by atoms with E-state index in [9.17, 15) is 24.6 Å². The monoisotopic (exact) mass is 664 g/mol. The summed E-state index contributed by atoms with van der Waals surface area (Å²) in [5, 5.41) is 25.5. The van der Waals surface area contributed by atoms with Crippen molar-refractivity contribution in [1.29, 1.82) is 0 Å². The number of carbonyl (C=O) groups is 3. The van der Waals surface area contributed by atoms with E-state index in [1.54, 1.807) is 44.2 Å². The number of epoxide rings is 1. The van der Waals surface area contributed by atoms with Crippen LogP contribution in [0.1, 0.15) is 65.5 Å². The topological polar surface area (TPSA) is 156 Å². The number of nitrogens with zero attached hydrogens (tertiary/aromatic N) is 1. The Morgan fingerprint density at radius 2 is 1.96 bits per heavy atom. The Bertz CT molecular complexity index is 1400. The molecule has 0 aliphatic carbocycles. The normalized spacial score (nSPS) is 35.3. The van der Waals surface area contributed by atoms with Crippen molar-refractivity contribution in [2.75, 3.05) is 26.2 Å². The number of fused-ring (bicyclic) bond motifs is 5. The van der Waals surface area contributed by atoms with Crippen LogP contribution in [0.25, 0.3) is 0 Å². The van der Waals surface area contributed by atoms with Gasteiger partial charge in [-0.25, -0.2) is 4.79 Å². The molecule has 254 valence electrons. The maximum atomic E-state index is 13.9. The Morgan fingerprint density at radius 3 is 2.59 bits per heavy atom. The molecule has 3 N–H and O–H groups in total. The summed E-state index contributed by atoms with van der Waals surface area (Å²) in [6.07, 6.45) is -0.687. The van der Waals surface area contributed by atoms with Gasteiger partial charge in [-0.2, -0.15) is 0 Å². The molecule has 2 saturated heterocycles. The van der Waals surface area contributed by atoms with E-state index in [1.165, 1.54) is 26.2 Å². The minimum absolute atomic E-state index is 0.0179. The minimum atomic E-state index is -1.84. The van der Waals surface area contributed by atoms with Crippen LogP contribution in [-0.2, 0) is 28.5 Å². The van der Waals surface area contributed by atoms with Crippen LogP contribution in [-0.4, -0.2) is 85.2 Å². The number of esters is 1. The number of rotatable bonds is 5. The summed E-state index contributed by atoms with van der Waals surface area (Å²) < 4.78 is 28.7. The molecule has 2 amide bonds. The lowest BCUT2D eigenvalue weighted by atomic mass is 9.83. The largest absolute Gasteiger partial charge is 0.495 e. The third kappa shape index (κ3) is 7.36. The van der Waals surface area contributed by atoms with E-state index in [-0.39, 0.29) is 41.6 Å². The molecule has 0 saturated carbocycles. The van der Waals surface area contributed by atoms with Crippen molar-refractivity contribution in [2.24, 2.45) is 11.8 Å². The fourth-order valence-corrected chi connectivity index (χ4v) is 6.44. The first-order chi connectivity index (χ1) is 21.5. The van der Waals surface area contributed by atoms with Crippen LogP contribution in [0.5, 0.6) is 5.75 Å². The minimum Gasteiger partial charge on any atom is -0.495 e. The molecule has 8 atom stereocenters. The first-order valence-corrected chi connectivity index (χ1v) is 15.7. The number of hydrogen-bond acceptors (Lipinski definition) is 10. The second-order valence-electron chi connectivity index (χ2n) is 12.9. The molecular formula is C33H45ClN2O10. The van der Waals surface area contributed by atoms with E-state index in [0.717, 1.165) is 0 Å². The van der Waals surface area contributed by atoms with E-state index in [1.807, 2.05) is 20.8 Å². The Kier molecular flexibility index (Phi) is 10.8. The number of allylic oxidation sites excluding steroid dienone is 2. The van der Waals surface area contributed by atoms with Crippen molar-refractivity contribution in [1.82, 2.24) is 5.32 Å². The van der Waals surface area contributed by atoms with Crippen molar-refractivity contribution in [3.05, 3.63) is 46.5 Å². The number of alkyl carbamates (subject to hydrolysis) is 1. The molecule has 3 heterocycles. The predicted molar refractivity (Wildman–Crippen MR) is 169 cm³/mol. The van der Waals surface area contributed by atoms with Crippen LogP contribution in [0.3, 0.4) is 0 Å². The van der Waals surface area contributed by atoms with Gasteiger partial charge in [0, 0.05) is 32.9 Å². The van der Waals surface area contributed by atoms with Crippen molar-refractivity contribution >= 4 is 35.3 Å². The number of aliphatic hydroxyl groups excluding tert-OH is 1. The van der Waals surface area contributed by atoms with E-state index in [0.29, 0.717) is 11.1 Å². The Hall–Kier alpha value is -3.16. The highest BCUT2D eigenvalue weighted by Crippen LogP contribution is 2.49. The van der Waals surface area contributed by atoms with Crippen LogP contribution in [0.15, 0.2) is 35.9 Å². The molecule has 3 aliphatic rings. The molecule has 12 nitrogen and oxygen atoms in total. The van der Waals surface area contributed by atoms with Gasteiger partial charge < -0.3 is 38.8 Å². The Labute approximate surface area is 274 Å². The molecule has 3 aliphatic heterocycles. The molecule has 46 heavy (non-hydrogen) atoms. The standard InChI is InChI=1S/C33H45ClN2O10/c1-17(2)12-27(38)45-25-15-26(37)36(6)21-13-20(14-22(42-7)28(21)34)29(39)18(3)10-9-11-24(43-8)33(41)16-23(44-31(40)35-33)19(4)30-32(25,5)46-30/h9-11,13-14,17,19,23-25,29-30,39,41H,12,15-16H2,1-8H3,(H,35,40)/b11-9+,18-10+/t19?,23?,24?,25?,29-,30?,32?,33?/m0/s1. The van der Waals surface area contributed by atoms with Crippen LogP contribution >= 0.6 is 11.6 Å². The van der Waals surface area contributed by atoms with Gasteiger partial charge in [-0.1, -0.05) is 50.6 Å². The molecule has 13 heteroatoms. The van der Waals surface area contributed by atoms with Gasteiger partial charge in [-0.15, -0.1) is 0 Å². The first-order valence-electron chi connectivity index (χ1n) is 15.3. The van der Waals surface area contributed by atoms with E-state index < -0.39 is 65.7 Å². The lowest BCUT2D eigenvalue weighted by Crippen LogP contribution is -2.63. The van der Waals surface area contributed by atoms with Gasteiger partial charge in [0.1, 0.15) is 40.8 Å². The van der Waals surface area contributed by atoms with Crippen LogP contribution < -0.4 is 15.0 Å². The fraction of sp³-hybridized carbons (Fsp3) is 0.606. The Balaban J connectivity index is 1.82. The molecule has 0 aromatic heterocycles. The smallest absolute Gasteiger partial charge is 0.409 e. The lowest BCUT2D eigenvalue weighted by Gasteiger charge is -2.42. The highest BCUT2D eigenvalue weighted by atomic mass is 35.5. The number of hydrogen-bond donors (Lipinski definition) is 3. The average molecular weight is 665 g/mol. The van der Waals surface area contributed by atoms with Crippen molar-refractivity contribution < 1.29 is 48.3 Å².